The molecule has 0 atom stereocenters. The Balaban J connectivity index is 2.33. The number of hydrogen-bond acceptors (Lipinski definition) is 5. The van der Waals surface area contributed by atoms with Gasteiger partial charge in [-0.25, -0.2) is 4.39 Å². The molecule has 0 unspecified atom stereocenters. The van der Waals surface area contributed by atoms with Crippen molar-refractivity contribution in [1.29, 1.82) is 0 Å². The number of rotatable bonds is 3. The van der Waals surface area contributed by atoms with Gasteiger partial charge in [-0.2, -0.15) is 15.0 Å². The lowest BCUT2D eigenvalue weighted by molar-refractivity contribution is 0.631. The third kappa shape index (κ3) is 3.05. The highest BCUT2D eigenvalue weighted by Crippen LogP contribution is 2.23. The molecule has 5 nitrogen and oxygen atoms in total. The fourth-order valence-electron chi connectivity index (χ4n) is 1.23. The molecular formula is C10H8BrClFN5. The van der Waals surface area contributed by atoms with Crippen LogP contribution in [0.3, 0.4) is 0 Å². The predicted octanol–water partition coefficient (Wildman–Crippen LogP) is 3.21. The van der Waals surface area contributed by atoms with Gasteiger partial charge in [0.15, 0.2) is 0 Å². The predicted molar refractivity (Wildman–Crippen MR) is 71.8 cm³/mol. The van der Waals surface area contributed by atoms with Gasteiger partial charge in [0, 0.05) is 11.5 Å². The van der Waals surface area contributed by atoms with Crippen molar-refractivity contribution >= 4 is 45.1 Å². The summed E-state index contributed by atoms with van der Waals surface area (Å²) in [6.45, 7) is 0. The molecular weight excluding hydrogens is 325 g/mol. The van der Waals surface area contributed by atoms with Gasteiger partial charge in [-0.1, -0.05) is 15.9 Å². The summed E-state index contributed by atoms with van der Waals surface area (Å²) in [5.74, 6) is 0.0463. The Morgan fingerprint density at radius 1 is 1.22 bits per heavy atom. The second-order valence-electron chi connectivity index (χ2n) is 3.25. The van der Waals surface area contributed by atoms with Gasteiger partial charge < -0.3 is 10.6 Å². The Morgan fingerprint density at radius 2 is 1.94 bits per heavy atom. The average Bonchev–Trinajstić information content (AvgIpc) is 2.33. The molecule has 2 rings (SSSR count). The molecule has 0 aliphatic rings. The summed E-state index contributed by atoms with van der Waals surface area (Å²) in [6.07, 6.45) is 0. The van der Waals surface area contributed by atoms with Crippen molar-refractivity contribution in [2.75, 3.05) is 17.7 Å². The smallest absolute Gasteiger partial charge is 0.233 e. The molecule has 0 saturated carbocycles. The van der Waals surface area contributed by atoms with E-state index in [4.69, 9.17) is 11.6 Å². The fraction of sp³-hybridized carbons (Fsp3) is 0.100. The van der Waals surface area contributed by atoms with Gasteiger partial charge in [0.2, 0.25) is 17.2 Å². The van der Waals surface area contributed by atoms with Gasteiger partial charge in [0.25, 0.3) is 0 Å². The molecule has 0 aliphatic carbocycles. The number of aromatic nitrogens is 3. The van der Waals surface area contributed by atoms with Gasteiger partial charge in [-0.3, -0.25) is 0 Å². The average molecular weight is 333 g/mol. The lowest BCUT2D eigenvalue weighted by Crippen LogP contribution is -2.04. The Hall–Kier alpha value is -1.47. The first-order chi connectivity index (χ1) is 8.58. The maximum atomic E-state index is 13.5. The molecule has 0 bridgehead atoms. The minimum absolute atomic E-state index is 0.0206. The van der Waals surface area contributed by atoms with Gasteiger partial charge in [-0.15, -0.1) is 0 Å². The summed E-state index contributed by atoms with van der Waals surface area (Å²) >= 11 is 8.97. The van der Waals surface area contributed by atoms with Crippen LogP contribution in [0.4, 0.5) is 22.0 Å². The van der Waals surface area contributed by atoms with E-state index in [1.54, 1.807) is 19.2 Å². The standard InChI is InChI=1S/C10H8BrClFN5/c1-14-9-16-8(12)17-10(18-9)15-7-4-5(11)2-3-6(7)13/h2-4H,1H3,(H2,14,15,16,17,18). The van der Waals surface area contributed by atoms with Gasteiger partial charge in [0.1, 0.15) is 5.82 Å². The third-order valence-electron chi connectivity index (χ3n) is 2.01. The van der Waals surface area contributed by atoms with E-state index in [0.717, 1.165) is 4.47 Å². The molecule has 0 spiro atoms. The first kappa shape index (κ1) is 13.0. The maximum Gasteiger partial charge on any atom is 0.233 e. The zero-order valence-electron chi connectivity index (χ0n) is 9.21. The van der Waals surface area contributed by atoms with Crippen molar-refractivity contribution in [2.24, 2.45) is 0 Å². The number of halogens is 3. The van der Waals surface area contributed by atoms with Crippen molar-refractivity contribution in [3.63, 3.8) is 0 Å². The number of benzene rings is 1. The summed E-state index contributed by atoms with van der Waals surface area (Å²) in [4.78, 5) is 11.7. The first-order valence-electron chi connectivity index (χ1n) is 4.90. The second kappa shape index (κ2) is 5.45. The number of nitrogens with zero attached hydrogens (tertiary/aromatic N) is 3. The molecule has 0 saturated heterocycles. The molecule has 1 aromatic heterocycles. The van der Waals surface area contributed by atoms with Crippen molar-refractivity contribution < 1.29 is 4.39 Å². The van der Waals surface area contributed by atoms with E-state index in [0.29, 0.717) is 5.95 Å². The lowest BCUT2D eigenvalue weighted by atomic mass is 10.3. The molecule has 0 fully saturated rings. The molecule has 0 aliphatic heterocycles. The molecule has 18 heavy (non-hydrogen) atoms. The summed E-state index contributed by atoms with van der Waals surface area (Å²) in [5.41, 5.74) is 0.244. The van der Waals surface area contributed by atoms with Gasteiger partial charge in [-0.05, 0) is 29.8 Å². The Bertz CT molecular complexity index is 580. The minimum atomic E-state index is -0.416. The van der Waals surface area contributed by atoms with Gasteiger partial charge in [0.05, 0.1) is 5.69 Å². The van der Waals surface area contributed by atoms with E-state index in [-0.39, 0.29) is 16.9 Å². The molecule has 8 heteroatoms. The summed E-state index contributed by atoms with van der Waals surface area (Å²) < 4.78 is 14.3. The van der Waals surface area contributed by atoms with Crippen LogP contribution in [0.5, 0.6) is 0 Å². The van der Waals surface area contributed by atoms with Crippen molar-refractivity contribution in [2.45, 2.75) is 0 Å². The van der Waals surface area contributed by atoms with E-state index >= 15 is 0 Å². The van der Waals surface area contributed by atoms with E-state index in [1.807, 2.05) is 0 Å². The Morgan fingerprint density at radius 3 is 2.67 bits per heavy atom. The fourth-order valence-corrected chi connectivity index (χ4v) is 1.75. The quantitative estimate of drug-likeness (QED) is 0.903. The summed E-state index contributed by atoms with van der Waals surface area (Å²) in [5, 5.41) is 5.49. The van der Waals surface area contributed by atoms with Crippen molar-refractivity contribution in [3.8, 4) is 0 Å². The maximum absolute atomic E-state index is 13.5. The Kier molecular flexibility index (Phi) is 3.93. The van der Waals surface area contributed by atoms with E-state index in [1.165, 1.54) is 6.07 Å². The molecule has 0 radical (unpaired) electrons. The van der Waals surface area contributed by atoms with Crippen LogP contribution in [0, 0.1) is 5.82 Å². The van der Waals surface area contributed by atoms with Crippen LogP contribution >= 0.6 is 27.5 Å². The highest BCUT2D eigenvalue weighted by Gasteiger charge is 2.07. The van der Waals surface area contributed by atoms with Crippen LogP contribution in [0.2, 0.25) is 5.28 Å². The van der Waals surface area contributed by atoms with Crippen LogP contribution in [-0.2, 0) is 0 Å². The van der Waals surface area contributed by atoms with E-state index < -0.39 is 5.82 Å². The first-order valence-corrected chi connectivity index (χ1v) is 6.07. The van der Waals surface area contributed by atoms with Crippen LogP contribution < -0.4 is 10.6 Å². The van der Waals surface area contributed by atoms with Crippen molar-refractivity contribution in [1.82, 2.24) is 15.0 Å². The van der Waals surface area contributed by atoms with Crippen LogP contribution in [0.25, 0.3) is 0 Å². The van der Waals surface area contributed by atoms with Crippen molar-refractivity contribution in [3.05, 3.63) is 33.8 Å². The van der Waals surface area contributed by atoms with Crippen LogP contribution in [-0.4, -0.2) is 22.0 Å². The zero-order chi connectivity index (χ0) is 13.1. The normalized spacial score (nSPS) is 10.2. The minimum Gasteiger partial charge on any atom is -0.357 e. The molecule has 1 heterocycles. The van der Waals surface area contributed by atoms with Crippen LogP contribution in [0.15, 0.2) is 22.7 Å². The summed E-state index contributed by atoms with van der Waals surface area (Å²) in [6, 6.07) is 4.50. The highest BCUT2D eigenvalue weighted by atomic mass is 79.9. The highest BCUT2D eigenvalue weighted by molar-refractivity contribution is 9.10. The zero-order valence-corrected chi connectivity index (χ0v) is 11.5. The molecule has 2 aromatic rings. The number of hydrogen-bond donors (Lipinski definition) is 2. The SMILES string of the molecule is CNc1nc(Cl)nc(Nc2cc(Br)ccc2F)n1. The second-order valence-corrected chi connectivity index (χ2v) is 4.50. The molecule has 0 amide bonds. The van der Waals surface area contributed by atoms with E-state index in [9.17, 15) is 4.39 Å². The van der Waals surface area contributed by atoms with Crippen LogP contribution in [0.1, 0.15) is 0 Å². The Labute approximate surface area is 116 Å². The van der Waals surface area contributed by atoms with E-state index in [2.05, 4.69) is 41.5 Å². The largest absolute Gasteiger partial charge is 0.357 e. The topological polar surface area (TPSA) is 62.7 Å². The van der Waals surface area contributed by atoms with Gasteiger partial charge >= 0.3 is 0 Å². The lowest BCUT2D eigenvalue weighted by Gasteiger charge is -2.07. The number of nitrogens with one attached hydrogen (secondary N) is 2. The monoisotopic (exact) mass is 331 g/mol. The molecule has 94 valence electrons. The molecule has 2 N–H and O–H groups in total. The third-order valence-corrected chi connectivity index (χ3v) is 2.67. The summed E-state index contributed by atoms with van der Waals surface area (Å²) in [7, 11) is 1.65. The molecule has 1 aromatic carbocycles. The number of anilines is 3.